The fraction of sp³-hybridized carbons (Fsp3) is 0.263. The van der Waals surface area contributed by atoms with E-state index in [-0.39, 0.29) is 18.4 Å². The molecule has 0 spiro atoms. The molecule has 1 aliphatic heterocycles. The molecule has 0 saturated carbocycles. The van der Waals surface area contributed by atoms with Gasteiger partial charge in [-0.2, -0.15) is 4.31 Å². The third-order valence-electron chi connectivity index (χ3n) is 4.75. The van der Waals surface area contributed by atoms with Crippen molar-refractivity contribution in [1.82, 2.24) is 9.29 Å². The highest BCUT2D eigenvalue weighted by Gasteiger charge is 2.33. The first-order valence-corrected chi connectivity index (χ1v) is 11.1. The number of anilines is 1. The molecule has 0 aliphatic carbocycles. The van der Waals surface area contributed by atoms with E-state index in [9.17, 15) is 13.2 Å². The van der Waals surface area contributed by atoms with Crippen LogP contribution in [0.3, 0.4) is 0 Å². The minimum Gasteiger partial charge on any atom is -0.325 e. The number of benzene rings is 1. The number of sulfonamides is 1. The van der Waals surface area contributed by atoms with Crippen LogP contribution in [-0.2, 0) is 14.8 Å². The summed E-state index contributed by atoms with van der Waals surface area (Å²) in [5.41, 5.74) is 1.50. The number of carbonyl (C=O) groups excluding carboxylic acids is 1. The topological polar surface area (TPSA) is 79.4 Å². The van der Waals surface area contributed by atoms with Crippen molar-refractivity contribution < 1.29 is 13.2 Å². The van der Waals surface area contributed by atoms with Gasteiger partial charge >= 0.3 is 0 Å². The molecule has 0 bridgehead atoms. The van der Waals surface area contributed by atoms with Crippen molar-refractivity contribution in [3.8, 4) is 0 Å². The first-order valence-electron chi connectivity index (χ1n) is 8.74. The monoisotopic (exact) mass is 401 g/mol. The summed E-state index contributed by atoms with van der Waals surface area (Å²) in [5.74, 6) is -0.530. The van der Waals surface area contributed by atoms with E-state index < -0.39 is 10.0 Å². The average molecular weight is 402 g/mol. The number of hydrogen-bond donors (Lipinski definition) is 1. The van der Waals surface area contributed by atoms with Gasteiger partial charge in [-0.15, -0.1) is 11.3 Å². The summed E-state index contributed by atoms with van der Waals surface area (Å²) < 4.78 is 27.2. The molecule has 1 N–H and O–H groups in total. The Kier molecular flexibility index (Phi) is 4.94. The highest BCUT2D eigenvalue weighted by molar-refractivity contribution is 7.91. The number of piperidine rings is 1. The number of thiophene rings is 1. The Morgan fingerprint density at radius 2 is 2.07 bits per heavy atom. The van der Waals surface area contributed by atoms with Gasteiger partial charge in [0.1, 0.15) is 4.21 Å². The number of nitrogens with zero attached hydrogens (tertiary/aromatic N) is 2. The molecule has 3 aromatic rings. The SMILES string of the molecule is O=C(Nc1cccc2ncccc12)C1CCCN(S(=O)(=O)c2cccs2)C1. The molecule has 1 aromatic carbocycles. The van der Waals surface area contributed by atoms with Gasteiger partial charge in [0, 0.05) is 24.7 Å². The zero-order chi connectivity index (χ0) is 18.9. The van der Waals surface area contributed by atoms with Gasteiger partial charge in [-0.3, -0.25) is 9.78 Å². The molecule has 2 aromatic heterocycles. The van der Waals surface area contributed by atoms with Crippen molar-refractivity contribution in [1.29, 1.82) is 0 Å². The zero-order valence-electron chi connectivity index (χ0n) is 14.5. The Labute approximate surface area is 161 Å². The maximum Gasteiger partial charge on any atom is 0.252 e. The van der Waals surface area contributed by atoms with Crippen LogP contribution in [0.25, 0.3) is 10.9 Å². The molecule has 1 atom stereocenters. The van der Waals surface area contributed by atoms with Crippen LogP contribution in [0.2, 0.25) is 0 Å². The second kappa shape index (κ2) is 7.38. The summed E-state index contributed by atoms with van der Waals surface area (Å²) in [6, 6.07) is 12.6. The molecule has 4 rings (SSSR count). The maximum absolute atomic E-state index is 12.8. The number of rotatable bonds is 4. The number of nitrogens with one attached hydrogen (secondary N) is 1. The fourth-order valence-corrected chi connectivity index (χ4v) is 6.03. The standard InChI is InChI=1S/C19H19N3O3S2/c23-19(21-17-8-1-7-16-15(17)6-2-10-20-16)14-5-3-11-22(13-14)27(24,25)18-9-4-12-26-18/h1-2,4,6-10,12,14H,3,5,11,13H2,(H,21,23). The number of carbonyl (C=O) groups is 1. The predicted octanol–water partition coefficient (Wildman–Crippen LogP) is 3.34. The van der Waals surface area contributed by atoms with E-state index in [4.69, 9.17) is 0 Å². The molecule has 1 aliphatic rings. The zero-order valence-corrected chi connectivity index (χ0v) is 16.2. The molecule has 6 nitrogen and oxygen atoms in total. The van der Waals surface area contributed by atoms with Crippen LogP contribution in [0, 0.1) is 5.92 Å². The van der Waals surface area contributed by atoms with Gasteiger partial charge in [0.2, 0.25) is 5.91 Å². The van der Waals surface area contributed by atoms with Crippen LogP contribution >= 0.6 is 11.3 Å². The molecule has 3 heterocycles. The van der Waals surface area contributed by atoms with E-state index in [1.165, 1.54) is 15.6 Å². The molecule has 140 valence electrons. The van der Waals surface area contributed by atoms with Crippen LogP contribution < -0.4 is 5.32 Å². The minimum atomic E-state index is -3.53. The third kappa shape index (κ3) is 3.60. The number of fused-ring (bicyclic) bond motifs is 1. The second-order valence-corrected chi connectivity index (χ2v) is 9.61. The molecule has 1 unspecified atom stereocenters. The van der Waals surface area contributed by atoms with Crippen LogP contribution in [0.15, 0.2) is 58.3 Å². The molecule has 1 saturated heterocycles. The van der Waals surface area contributed by atoms with E-state index in [1.807, 2.05) is 30.3 Å². The third-order valence-corrected chi connectivity index (χ3v) is 7.99. The lowest BCUT2D eigenvalue weighted by Gasteiger charge is -2.30. The van der Waals surface area contributed by atoms with Crippen LogP contribution in [0.5, 0.6) is 0 Å². The fourth-order valence-electron chi connectivity index (χ4n) is 3.36. The van der Waals surface area contributed by atoms with Gasteiger partial charge < -0.3 is 5.32 Å². The molecular weight excluding hydrogens is 382 g/mol. The number of hydrogen-bond acceptors (Lipinski definition) is 5. The molecule has 8 heteroatoms. The van der Waals surface area contributed by atoms with E-state index in [2.05, 4.69) is 10.3 Å². The van der Waals surface area contributed by atoms with E-state index in [0.717, 1.165) is 10.9 Å². The number of aromatic nitrogens is 1. The molecular formula is C19H19N3O3S2. The summed E-state index contributed by atoms with van der Waals surface area (Å²) in [4.78, 5) is 17.1. The molecule has 27 heavy (non-hydrogen) atoms. The van der Waals surface area contributed by atoms with Crippen molar-refractivity contribution in [2.24, 2.45) is 5.92 Å². The van der Waals surface area contributed by atoms with E-state index >= 15 is 0 Å². The molecule has 1 amide bonds. The van der Waals surface area contributed by atoms with Crippen molar-refractivity contribution in [3.63, 3.8) is 0 Å². The largest absolute Gasteiger partial charge is 0.325 e. The van der Waals surface area contributed by atoms with Crippen molar-refractivity contribution in [3.05, 3.63) is 54.0 Å². The Bertz CT molecular complexity index is 1060. The number of pyridine rings is 1. The lowest BCUT2D eigenvalue weighted by molar-refractivity contribution is -0.120. The molecule has 1 fully saturated rings. The molecule has 0 radical (unpaired) electrons. The Morgan fingerprint density at radius 3 is 2.89 bits per heavy atom. The van der Waals surface area contributed by atoms with E-state index in [0.29, 0.717) is 29.3 Å². The minimum absolute atomic E-state index is 0.155. The smallest absolute Gasteiger partial charge is 0.252 e. The van der Waals surface area contributed by atoms with Gasteiger partial charge in [0.25, 0.3) is 10.0 Å². The summed E-state index contributed by atoms with van der Waals surface area (Å²) in [6.45, 7) is 0.650. The Morgan fingerprint density at radius 1 is 1.19 bits per heavy atom. The number of amides is 1. The van der Waals surface area contributed by atoms with Crippen molar-refractivity contribution in [2.45, 2.75) is 17.1 Å². The van der Waals surface area contributed by atoms with Gasteiger partial charge in [-0.05, 0) is 48.6 Å². The normalized spacial score (nSPS) is 18.4. The maximum atomic E-state index is 12.8. The summed E-state index contributed by atoms with van der Waals surface area (Å²) in [7, 11) is -3.53. The highest BCUT2D eigenvalue weighted by Crippen LogP contribution is 2.28. The second-order valence-electron chi connectivity index (χ2n) is 6.50. The summed E-state index contributed by atoms with van der Waals surface area (Å²) in [5, 5.41) is 5.58. The Hall–Kier alpha value is -2.29. The van der Waals surface area contributed by atoms with Crippen LogP contribution in [0.4, 0.5) is 5.69 Å². The summed E-state index contributed by atoms with van der Waals surface area (Å²) in [6.07, 6.45) is 3.05. The lowest BCUT2D eigenvalue weighted by atomic mass is 9.98. The predicted molar refractivity (Wildman–Crippen MR) is 106 cm³/mol. The highest BCUT2D eigenvalue weighted by atomic mass is 32.2. The first kappa shape index (κ1) is 18.1. The Balaban J connectivity index is 1.52. The lowest BCUT2D eigenvalue weighted by Crippen LogP contribution is -2.43. The van der Waals surface area contributed by atoms with Gasteiger partial charge in [0.05, 0.1) is 17.1 Å². The summed E-state index contributed by atoms with van der Waals surface area (Å²) >= 11 is 1.20. The van der Waals surface area contributed by atoms with Gasteiger partial charge in [-0.25, -0.2) is 8.42 Å². The van der Waals surface area contributed by atoms with Crippen LogP contribution in [0.1, 0.15) is 12.8 Å². The van der Waals surface area contributed by atoms with Crippen molar-refractivity contribution >= 4 is 43.9 Å². The van der Waals surface area contributed by atoms with E-state index in [1.54, 1.807) is 23.7 Å². The first-order chi connectivity index (χ1) is 13.1. The van der Waals surface area contributed by atoms with Crippen molar-refractivity contribution in [2.75, 3.05) is 18.4 Å². The van der Waals surface area contributed by atoms with Gasteiger partial charge in [0.15, 0.2) is 0 Å². The van der Waals surface area contributed by atoms with Gasteiger partial charge in [-0.1, -0.05) is 12.1 Å². The quantitative estimate of drug-likeness (QED) is 0.727. The average Bonchev–Trinajstić information content (AvgIpc) is 3.24. The van der Waals surface area contributed by atoms with Crippen LogP contribution in [-0.4, -0.2) is 36.7 Å².